The summed E-state index contributed by atoms with van der Waals surface area (Å²) in [6.07, 6.45) is 6.04. The van der Waals surface area contributed by atoms with Gasteiger partial charge >= 0.3 is 0 Å². The lowest BCUT2D eigenvalue weighted by molar-refractivity contribution is -0.122. The quantitative estimate of drug-likeness (QED) is 0.360. The molecule has 0 radical (unpaired) electrons. The Balaban J connectivity index is 0.00000115. The number of allylic oxidation sites excluding steroid dienone is 1. The molecule has 2 N–H and O–H groups in total. The van der Waals surface area contributed by atoms with Crippen molar-refractivity contribution in [3.63, 3.8) is 0 Å². The summed E-state index contributed by atoms with van der Waals surface area (Å²) in [6, 6.07) is 12.3. The average Bonchev–Trinajstić information content (AvgIpc) is 3.23. The zero-order valence-electron chi connectivity index (χ0n) is 21.2. The number of methoxy groups -OCH3 is 2. The second-order valence-electron chi connectivity index (χ2n) is 8.75. The molecule has 2 heterocycles. The largest absolute Gasteiger partial charge is 0.496 e. The monoisotopic (exact) mass is 493 g/mol. The molecule has 1 saturated heterocycles. The van der Waals surface area contributed by atoms with E-state index in [1.54, 1.807) is 26.4 Å². The fraction of sp³-hybridized carbons (Fsp3) is 0.357. The Morgan fingerprint density at radius 1 is 1.17 bits per heavy atom. The van der Waals surface area contributed by atoms with E-state index in [0.29, 0.717) is 17.1 Å². The van der Waals surface area contributed by atoms with Crippen LogP contribution < -0.4 is 14.8 Å². The molecule has 0 atom stereocenters. The highest BCUT2D eigenvalue weighted by molar-refractivity contribution is 5.95. The van der Waals surface area contributed by atoms with Crippen LogP contribution in [0.15, 0.2) is 55.3 Å². The molecule has 4 rings (SSSR count). The van der Waals surface area contributed by atoms with Crippen molar-refractivity contribution < 1.29 is 24.2 Å². The van der Waals surface area contributed by atoms with E-state index < -0.39 is 0 Å². The maximum atomic E-state index is 12.9. The number of fused-ring (bicyclic) bond motifs is 1. The lowest BCUT2D eigenvalue weighted by atomic mass is 10.0. The fourth-order valence-electron chi connectivity index (χ4n) is 4.70. The SMILES string of the molecule is C=CCn1cc(CN2CCC(NC(=O)c3cc(OC)c(C)c(OC)c3)CC2)c2ccccc21.O=CO. The van der Waals surface area contributed by atoms with Crippen molar-refractivity contribution in [2.24, 2.45) is 0 Å². The van der Waals surface area contributed by atoms with Gasteiger partial charge in [0.05, 0.1) is 14.2 Å². The number of hydrogen-bond donors (Lipinski definition) is 2. The Bertz CT molecular complexity index is 1170. The number of amides is 1. The first-order valence-corrected chi connectivity index (χ1v) is 12.0. The first kappa shape index (κ1) is 26.8. The number of ether oxygens (including phenoxy) is 2. The molecule has 192 valence electrons. The standard InChI is InChI=1S/C27H33N3O3.CH2O2/c1-5-12-30-18-21(23-8-6-7-9-24(23)30)17-29-13-10-22(11-14-29)28-27(31)20-15-25(32-3)19(2)26(16-20)33-4;2-1-3/h5-9,15-16,18,22H,1,10-14,17H2,2-4H3,(H,28,31);1H,(H,2,3). The topological polar surface area (TPSA) is 93.0 Å². The molecule has 1 fully saturated rings. The third-order valence-corrected chi connectivity index (χ3v) is 6.53. The number of likely N-dealkylation sites (tertiary alicyclic amines) is 1. The van der Waals surface area contributed by atoms with Crippen LogP contribution in [0, 0.1) is 6.92 Å². The van der Waals surface area contributed by atoms with Crippen molar-refractivity contribution in [3.05, 3.63) is 71.9 Å². The Kier molecular flexibility index (Phi) is 9.53. The molecule has 0 spiro atoms. The van der Waals surface area contributed by atoms with Crippen molar-refractivity contribution in [2.75, 3.05) is 27.3 Å². The second-order valence-corrected chi connectivity index (χ2v) is 8.75. The lowest BCUT2D eigenvalue weighted by Crippen LogP contribution is -2.44. The smallest absolute Gasteiger partial charge is 0.290 e. The molecular weight excluding hydrogens is 458 g/mol. The number of para-hydroxylation sites is 1. The zero-order chi connectivity index (χ0) is 26.1. The van der Waals surface area contributed by atoms with Gasteiger partial charge in [-0.25, -0.2) is 0 Å². The molecule has 0 aliphatic carbocycles. The van der Waals surface area contributed by atoms with Gasteiger partial charge in [-0.15, -0.1) is 6.58 Å². The molecule has 1 aliphatic rings. The minimum Gasteiger partial charge on any atom is -0.496 e. The zero-order valence-corrected chi connectivity index (χ0v) is 21.2. The van der Waals surface area contributed by atoms with Crippen LogP contribution in [0.5, 0.6) is 11.5 Å². The normalized spacial score (nSPS) is 14.0. The summed E-state index contributed by atoms with van der Waals surface area (Å²) < 4.78 is 13.1. The number of aromatic nitrogens is 1. The van der Waals surface area contributed by atoms with E-state index in [0.717, 1.165) is 44.6 Å². The van der Waals surface area contributed by atoms with Crippen LogP contribution in [0.2, 0.25) is 0 Å². The molecular formula is C28H35N3O5. The van der Waals surface area contributed by atoms with Crippen LogP contribution in [-0.2, 0) is 17.9 Å². The maximum Gasteiger partial charge on any atom is 0.290 e. The summed E-state index contributed by atoms with van der Waals surface area (Å²) in [7, 11) is 3.21. The molecule has 36 heavy (non-hydrogen) atoms. The summed E-state index contributed by atoms with van der Waals surface area (Å²) in [4.78, 5) is 23.7. The molecule has 0 unspecified atom stereocenters. The first-order valence-electron chi connectivity index (χ1n) is 12.0. The van der Waals surface area contributed by atoms with Gasteiger partial charge in [0.25, 0.3) is 12.4 Å². The van der Waals surface area contributed by atoms with Crippen molar-refractivity contribution in [3.8, 4) is 11.5 Å². The van der Waals surface area contributed by atoms with Crippen LogP contribution in [0.3, 0.4) is 0 Å². The Labute approximate surface area is 212 Å². The van der Waals surface area contributed by atoms with Crippen LogP contribution >= 0.6 is 0 Å². The van der Waals surface area contributed by atoms with Gasteiger partial charge in [0.1, 0.15) is 11.5 Å². The number of carbonyl (C=O) groups is 2. The molecule has 8 heteroatoms. The second kappa shape index (κ2) is 12.8. The van der Waals surface area contributed by atoms with Gasteiger partial charge in [-0.1, -0.05) is 24.3 Å². The van der Waals surface area contributed by atoms with Crippen LogP contribution in [0.4, 0.5) is 0 Å². The van der Waals surface area contributed by atoms with E-state index >= 15 is 0 Å². The number of hydrogen-bond acceptors (Lipinski definition) is 5. The number of nitrogens with one attached hydrogen (secondary N) is 1. The van der Waals surface area contributed by atoms with Crippen molar-refractivity contribution >= 4 is 23.3 Å². The van der Waals surface area contributed by atoms with Crippen molar-refractivity contribution in [1.29, 1.82) is 0 Å². The van der Waals surface area contributed by atoms with Crippen LogP contribution in [-0.4, -0.2) is 60.3 Å². The fourth-order valence-corrected chi connectivity index (χ4v) is 4.70. The molecule has 3 aromatic rings. The van der Waals surface area contributed by atoms with E-state index in [-0.39, 0.29) is 18.4 Å². The third-order valence-electron chi connectivity index (χ3n) is 6.53. The summed E-state index contributed by atoms with van der Waals surface area (Å²) in [6.45, 7) is 9.18. The number of carbonyl (C=O) groups excluding carboxylic acids is 1. The average molecular weight is 494 g/mol. The minimum absolute atomic E-state index is 0.0856. The maximum absolute atomic E-state index is 12.9. The first-order chi connectivity index (χ1) is 17.4. The predicted octanol–water partition coefficient (Wildman–Crippen LogP) is 4.25. The Morgan fingerprint density at radius 3 is 2.36 bits per heavy atom. The summed E-state index contributed by atoms with van der Waals surface area (Å²) in [5.41, 5.74) is 4.04. The van der Waals surface area contributed by atoms with E-state index in [2.05, 4.69) is 51.8 Å². The molecule has 8 nitrogen and oxygen atoms in total. The van der Waals surface area contributed by atoms with Crippen LogP contribution in [0.25, 0.3) is 10.9 Å². The predicted molar refractivity (Wildman–Crippen MR) is 141 cm³/mol. The highest BCUT2D eigenvalue weighted by Gasteiger charge is 2.23. The summed E-state index contributed by atoms with van der Waals surface area (Å²) >= 11 is 0. The summed E-state index contributed by atoms with van der Waals surface area (Å²) in [5.74, 6) is 1.23. The van der Waals surface area contributed by atoms with E-state index in [4.69, 9.17) is 19.4 Å². The number of rotatable bonds is 8. The van der Waals surface area contributed by atoms with Gasteiger partial charge < -0.3 is 24.5 Å². The van der Waals surface area contributed by atoms with Gasteiger partial charge in [-0.2, -0.15) is 0 Å². The molecule has 0 bridgehead atoms. The molecule has 1 amide bonds. The highest BCUT2D eigenvalue weighted by Crippen LogP contribution is 2.30. The number of nitrogens with zero attached hydrogens (tertiary/aromatic N) is 2. The van der Waals surface area contributed by atoms with Crippen molar-refractivity contribution in [1.82, 2.24) is 14.8 Å². The minimum atomic E-state index is -0.250. The molecule has 2 aromatic carbocycles. The van der Waals surface area contributed by atoms with E-state index in [1.807, 2.05) is 13.0 Å². The molecule has 1 aliphatic heterocycles. The lowest BCUT2D eigenvalue weighted by Gasteiger charge is -2.32. The van der Waals surface area contributed by atoms with E-state index in [1.165, 1.54) is 16.5 Å². The number of benzene rings is 2. The summed E-state index contributed by atoms with van der Waals surface area (Å²) in [5, 5.41) is 11.4. The van der Waals surface area contributed by atoms with Crippen molar-refractivity contribution in [2.45, 2.75) is 38.9 Å². The highest BCUT2D eigenvalue weighted by atomic mass is 16.5. The molecule has 0 saturated carbocycles. The Hall–Kier alpha value is -3.78. The number of piperidine rings is 1. The number of carboxylic acid groups (broad SMARTS) is 1. The van der Waals surface area contributed by atoms with Gasteiger partial charge in [0.15, 0.2) is 0 Å². The Morgan fingerprint density at radius 2 is 1.78 bits per heavy atom. The van der Waals surface area contributed by atoms with Crippen LogP contribution in [0.1, 0.15) is 34.3 Å². The van der Waals surface area contributed by atoms with Gasteiger partial charge in [0, 0.05) is 60.4 Å². The van der Waals surface area contributed by atoms with Gasteiger partial charge in [-0.05, 0) is 43.5 Å². The van der Waals surface area contributed by atoms with Gasteiger partial charge in [0.2, 0.25) is 0 Å². The van der Waals surface area contributed by atoms with Gasteiger partial charge in [-0.3, -0.25) is 14.5 Å². The van der Waals surface area contributed by atoms with E-state index in [9.17, 15) is 4.79 Å². The third kappa shape index (κ3) is 6.26. The molecule has 1 aromatic heterocycles.